The molecule has 2 heterocycles. The number of hydrogen-bond acceptors (Lipinski definition) is 3. The highest BCUT2D eigenvalue weighted by Gasteiger charge is 2.54. The van der Waals surface area contributed by atoms with Crippen LogP contribution in [-0.2, 0) is 4.79 Å². The van der Waals surface area contributed by atoms with Crippen molar-refractivity contribution < 1.29 is 9.21 Å². The summed E-state index contributed by atoms with van der Waals surface area (Å²) in [5.41, 5.74) is 2.59. The quantitative estimate of drug-likeness (QED) is 0.468. The Balaban J connectivity index is 0.911. The Morgan fingerprint density at radius 3 is 2.47 bits per heavy atom. The number of nitrogens with one attached hydrogen (secondary N) is 1. The van der Waals surface area contributed by atoms with Gasteiger partial charge in [-0.15, -0.1) is 0 Å². The van der Waals surface area contributed by atoms with Crippen LogP contribution in [0.15, 0.2) is 34.9 Å². The Bertz CT molecular complexity index is 999. The largest absolute Gasteiger partial charge is 0.464 e. The zero-order valence-electron chi connectivity index (χ0n) is 21.9. The van der Waals surface area contributed by atoms with Crippen LogP contribution in [0.5, 0.6) is 0 Å². The fourth-order valence-corrected chi connectivity index (χ4v) is 9.47. The summed E-state index contributed by atoms with van der Waals surface area (Å²) >= 11 is 0. The van der Waals surface area contributed by atoms with Crippen LogP contribution in [0, 0.1) is 29.1 Å². The van der Waals surface area contributed by atoms with Crippen molar-refractivity contribution in [2.24, 2.45) is 29.1 Å². The second-order valence-corrected chi connectivity index (χ2v) is 13.5. The van der Waals surface area contributed by atoms with Gasteiger partial charge in [0.2, 0.25) is 5.91 Å². The van der Waals surface area contributed by atoms with E-state index in [2.05, 4.69) is 34.5 Å². The molecular formula is C32H44N2O2. The van der Waals surface area contributed by atoms with Crippen molar-refractivity contribution in [1.29, 1.82) is 0 Å². The first-order valence-electron chi connectivity index (χ1n) is 15.2. The van der Waals surface area contributed by atoms with Gasteiger partial charge in [0.1, 0.15) is 5.76 Å². The number of carbonyl (C=O) groups excluding carboxylic acids is 1. The lowest BCUT2D eigenvalue weighted by molar-refractivity contribution is -0.147. The van der Waals surface area contributed by atoms with Crippen molar-refractivity contribution in [3.8, 4) is 11.3 Å². The minimum absolute atomic E-state index is 0.00649. The third-order valence-electron chi connectivity index (χ3n) is 11.0. The van der Waals surface area contributed by atoms with Crippen LogP contribution < -0.4 is 5.32 Å². The van der Waals surface area contributed by atoms with Crippen LogP contribution in [0.25, 0.3) is 11.3 Å². The SMILES string of the molecule is O=C(N[C@H]1CC[C@H](CCN2CCCCC2c2coc3cccc-3c2)CC1)C12CC3CC(CC(C3)C1)C2. The maximum Gasteiger partial charge on any atom is 0.226 e. The van der Waals surface area contributed by atoms with Crippen LogP contribution in [0.1, 0.15) is 101 Å². The number of nitrogens with zero attached hydrogens (tertiary/aromatic N) is 1. The summed E-state index contributed by atoms with van der Waals surface area (Å²) in [6.07, 6.45) is 19.9. The molecule has 0 aromatic carbocycles. The molecule has 0 aromatic heterocycles. The minimum Gasteiger partial charge on any atom is -0.464 e. The summed E-state index contributed by atoms with van der Waals surface area (Å²) in [5, 5.41) is 3.58. The fraction of sp³-hybridized carbons (Fsp3) is 0.719. The second kappa shape index (κ2) is 9.49. The minimum atomic E-state index is 0.00649. The van der Waals surface area contributed by atoms with Gasteiger partial charge in [0.05, 0.1) is 6.26 Å². The molecule has 1 saturated heterocycles. The Kier molecular flexibility index (Phi) is 6.15. The van der Waals surface area contributed by atoms with E-state index in [1.807, 2.05) is 6.26 Å². The van der Waals surface area contributed by atoms with Crippen LogP contribution in [0.3, 0.4) is 0 Å². The summed E-state index contributed by atoms with van der Waals surface area (Å²) < 4.78 is 5.94. The molecule has 4 nitrogen and oxygen atoms in total. The van der Waals surface area contributed by atoms with Crippen molar-refractivity contribution in [2.45, 2.75) is 102 Å². The van der Waals surface area contributed by atoms with Gasteiger partial charge in [0.15, 0.2) is 0 Å². The van der Waals surface area contributed by atoms with Gasteiger partial charge in [0, 0.05) is 28.6 Å². The Morgan fingerprint density at radius 1 is 0.972 bits per heavy atom. The Hall–Kier alpha value is -1.81. The van der Waals surface area contributed by atoms with Gasteiger partial charge in [0.25, 0.3) is 0 Å². The molecule has 0 spiro atoms. The monoisotopic (exact) mass is 488 g/mol. The molecular weight excluding hydrogens is 444 g/mol. The van der Waals surface area contributed by atoms with E-state index in [0.717, 1.165) is 29.4 Å². The summed E-state index contributed by atoms with van der Waals surface area (Å²) in [7, 11) is 0. The molecule has 2 aliphatic heterocycles. The normalized spacial score (nSPS) is 38.4. The lowest BCUT2D eigenvalue weighted by Gasteiger charge is -2.56. The molecule has 6 fully saturated rings. The van der Waals surface area contributed by atoms with E-state index < -0.39 is 0 Å². The average molecular weight is 489 g/mol. The van der Waals surface area contributed by atoms with E-state index in [0.29, 0.717) is 18.0 Å². The van der Waals surface area contributed by atoms with Gasteiger partial charge >= 0.3 is 0 Å². The zero-order chi connectivity index (χ0) is 24.1. The molecule has 1 amide bonds. The predicted octanol–water partition coefficient (Wildman–Crippen LogP) is 7.19. The third kappa shape index (κ3) is 4.42. The van der Waals surface area contributed by atoms with Gasteiger partial charge in [-0.1, -0.05) is 18.6 Å². The number of rotatable bonds is 6. The fourth-order valence-electron chi connectivity index (χ4n) is 9.47. The number of likely N-dealkylation sites (tertiary alicyclic amines) is 1. The third-order valence-corrected chi connectivity index (χ3v) is 11.0. The molecule has 36 heavy (non-hydrogen) atoms. The van der Waals surface area contributed by atoms with Crippen LogP contribution in [-0.4, -0.2) is 29.9 Å². The second-order valence-electron chi connectivity index (χ2n) is 13.5. The number of fused-ring (bicyclic) bond motifs is 1. The average Bonchev–Trinajstić information content (AvgIpc) is 3.36. The standard InChI is InChI=1S/C32H44N2O2/c35-31(32-18-23-14-24(19-32)16-25(15-23)20-32)33-28-9-7-22(8-10-28)11-13-34-12-2-1-5-29(34)27-17-26-4-3-6-30(26)36-21-27/h3-4,6,17,21-25,28-29H,1-2,5,7-16,18-20H2,(H,33,35)/t22-,23?,24?,25?,28-,29?,32?. The highest BCUT2D eigenvalue weighted by molar-refractivity contribution is 5.83. The van der Waals surface area contributed by atoms with E-state index in [1.54, 1.807) is 0 Å². The van der Waals surface area contributed by atoms with E-state index in [-0.39, 0.29) is 5.41 Å². The maximum absolute atomic E-state index is 13.5. The summed E-state index contributed by atoms with van der Waals surface area (Å²) in [6.45, 7) is 2.40. The van der Waals surface area contributed by atoms with Crippen LogP contribution in [0.2, 0.25) is 0 Å². The van der Waals surface area contributed by atoms with Crippen molar-refractivity contribution in [1.82, 2.24) is 10.2 Å². The number of piperidine rings is 1. The van der Waals surface area contributed by atoms with E-state index >= 15 is 0 Å². The van der Waals surface area contributed by atoms with Crippen LogP contribution in [0.4, 0.5) is 0 Å². The molecule has 194 valence electrons. The Morgan fingerprint density at radius 2 is 1.72 bits per heavy atom. The summed E-state index contributed by atoms with van der Waals surface area (Å²) in [4.78, 5) is 16.2. The van der Waals surface area contributed by atoms with Gasteiger partial charge < -0.3 is 9.73 Å². The molecule has 4 bridgehead atoms. The molecule has 1 atom stereocenters. The van der Waals surface area contributed by atoms with E-state index in [1.165, 1.54) is 114 Å². The van der Waals surface area contributed by atoms with Crippen molar-refractivity contribution in [3.05, 3.63) is 36.1 Å². The number of hydrogen-bond donors (Lipinski definition) is 1. The van der Waals surface area contributed by atoms with Crippen LogP contribution >= 0.6 is 0 Å². The molecule has 0 radical (unpaired) electrons. The van der Waals surface area contributed by atoms with Crippen molar-refractivity contribution in [3.63, 3.8) is 0 Å². The summed E-state index contributed by atoms with van der Waals surface area (Å²) in [5.74, 6) is 4.77. The molecule has 4 heteroatoms. The molecule has 1 unspecified atom stereocenters. The first kappa shape index (κ1) is 23.3. The smallest absolute Gasteiger partial charge is 0.226 e. The molecule has 6 aliphatic carbocycles. The number of amides is 1. The maximum atomic E-state index is 13.5. The van der Waals surface area contributed by atoms with Gasteiger partial charge in [-0.05, 0) is 132 Å². The Labute approximate surface area is 216 Å². The molecule has 8 aliphatic rings. The highest BCUT2D eigenvalue weighted by atomic mass is 16.3. The van der Waals surface area contributed by atoms with E-state index in [4.69, 9.17) is 4.42 Å². The lowest BCUT2D eigenvalue weighted by Crippen LogP contribution is -2.55. The predicted molar refractivity (Wildman–Crippen MR) is 143 cm³/mol. The highest BCUT2D eigenvalue weighted by Crippen LogP contribution is 2.60. The lowest BCUT2D eigenvalue weighted by atomic mass is 9.49. The molecule has 0 aromatic rings. The van der Waals surface area contributed by atoms with E-state index in [9.17, 15) is 4.79 Å². The van der Waals surface area contributed by atoms with Gasteiger partial charge in [-0.3, -0.25) is 9.69 Å². The zero-order valence-corrected chi connectivity index (χ0v) is 21.9. The molecule has 1 N–H and O–H groups in total. The van der Waals surface area contributed by atoms with Gasteiger partial charge in [-0.2, -0.15) is 0 Å². The first-order valence-corrected chi connectivity index (χ1v) is 15.2. The van der Waals surface area contributed by atoms with Crippen molar-refractivity contribution in [2.75, 3.05) is 13.1 Å². The number of carbonyl (C=O) groups is 1. The summed E-state index contributed by atoms with van der Waals surface area (Å²) in [6, 6.07) is 9.56. The first-order chi connectivity index (χ1) is 17.6. The molecule has 8 rings (SSSR count). The topological polar surface area (TPSA) is 45.5 Å². The molecule has 5 saturated carbocycles. The van der Waals surface area contributed by atoms with Gasteiger partial charge in [-0.25, -0.2) is 0 Å². The van der Waals surface area contributed by atoms with Crippen molar-refractivity contribution >= 4 is 5.91 Å².